The molecule has 4 N–H and O–H groups in total. The van der Waals surface area contributed by atoms with E-state index in [9.17, 15) is 32.4 Å². The molecule has 2 aromatic rings. The topological polar surface area (TPSA) is 202 Å². The largest absolute Gasteiger partial charge is 0.444 e. The van der Waals surface area contributed by atoms with Gasteiger partial charge in [-0.3, -0.25) is 24.4 Å². The molecule has 1 saturated heterocycles. The second-order valence-electron chi connectivity index (χ2n) is 14.6. The molecule has 2 aliphatic heterocycles. The van der Waals surface area contributed by atoms with E-state index in [2.05, 4.69) is 25.7 Å². The molecule has 4 aliphatic rings. The van der Waals surface area contributed by atoms with E-state index in [0.717, 1.165) is 17.5 Å². The quantitative estimate of drug-likeness (QED) is 0.316. The van der Waals surface area contributed by atoms with Crippen molar-refractivity contribution in [2.75, 3.05) is 11.9 Å². The number of fused-ring (bicyclic) bond motifs is 3. The summed E-state index contributed by atoms with van der Waals surface area (Å²) in [7, 11) is -3.91. The zero-order valence-electron chi connectivity index (χ0n) is 28.8. The van der Waals surface area contributed by atoms with E-state index in [1.807, 2.05) is 36.4 Å². The van der Waals surface area contributed by atoms with Crippen LogP contribution in [0.15, 0.2) is 36.4 Å². The SMILES string of the molecule is CC(C)(C)OC(=O)N[C@H]1CCCCCC=C[C@@H]2C[C@@]2(C(=O)NS(=O)(=O)C2CC2)NC(=O)[C@@H]2C[C@@H](OC(=O)Nc3nc4ccccc4s3)CN2C1=O. The summed E-state index contributed by atoms with van der Waals surface area (Å²) < 4.78 is 39.6. The number of aromatic nitrogens is 1. The smallest absolute Gasteiger partial charge is 0.413 e. The Bertz CT molecular complexity index is 1800. The number of anilines is 1. The molecular formula is C34H44N6O9S2. The average molecular weight is 745 g/mol. The third kappa shape index (κ3) is 8.80. The van der Waals surface area contributed by atoms with Crippen LogP contribution in [-0.2, 0) is 33.9 Å². The van der Waals surface area contributed by atoms with Gasteiger partial charge in [-0.1, -0.05) is 48.5 Å². The van der Waals surface area contributed by atoms with Crippen LogP contribution in [0.4, 0.5) is 14.7 Å². The van der Waals surface area contributed by atoms with Crippen molar-refractivity contribution in [3.05, 3.63) is 36.4 Å². The van der Waals surface area contributed by atoms with E-state index in [1.165, 1.54) is 16.2 Å². The Kier molecular flexibility index (Phi) is 10.3. The predicted molar refractivity (Wildman–Crippen MR) is 188 cm³/mol. The van der Waals surface area contributed by atoms with Gasteiger partial charge in [-0.2, -0.15) is 0 Å². The Hall–Kier alpha value is -4.25. The number of rotatable bonds is 6. The number of carbonyl (C=O) groups excluding carboxylic acids is 5. The number of ether oxygens (including phenoxy) is 2. The van der Waals surface area contributed by atoms with Crippen LogP contribution < -0.4 is 20.7 Å². The molecule has 6 rings (SSSR count). The van der Waals surface area contributed by atoms with Gasteiger partial charge in [0, 0.05) is 12.3 Å². The number of amides is 5. The van der Waals surface area contributed by atoms with Crippen LogP contribution in [0.1, 0.15) is 78.6 Å². The molecule has 0 radical (unpaired) electrons. The second kappa shape index (κ2) is 14.4. The number of carbonyl (C=O) groups is 5. The Morgan fingerprint density at radius 2 is 1.82 bits per heavy atom. The van der Waals surface area contributed by atoms with Gasteiger partial charge >= 0.3 is 12.2 Å². The number of thiazole rings is 1. The van der Waals surface area contributed by atoms with Crippen molar-refractivity contribution in [1.29, 1.82) is 0 Å². The summed E-state index contributed by atoms with van der Waals surface area (Å²) in [5.74, 6) is -2.57. The van der Waals surface area contributed by atoms with E-state index in [1.54, 1.807) is 20.8 Å². The highest BCUT2D eigenvalue weighted by atomic mass is 32.2. The molecule has 15 nitrogen and oxygen atoms in total. The van der Waals surface area contributed by atoms with Gasteiger partial charge in [0.15, 0.2) is 5.13 Å². The number of sulfonamides is 1. The van der Waals surface area contributed by atoms with Crippen molar-refractivity contribution in [3.8, 4) is 0 Å². The van der Waals surface area contributed by atoms with Crippen LogP contribution in [0.5, 0.6) is 0 Å². The molecule has 0 spiro atoms. The number of hydrogen-bond acceptors (Lipinski definition) is 11. The zero-order chi connectivity index (χ0) is 36.6. The standard InChI is InChI=1S/C34H44N6O9S2/c1-33(2,3)49-32(45)36-24-13-8-6-4-5-7-11-20-18-34(20,29(43)39-51(46,47)22-15-16-22)38-27(41)25-17-21(19-40(25)28(24)42)48-31(44)37-30-35-23-12-9-10-14-26(23)50-30/h7,9-12,14,20-22,24-25H,4-6,8,13,15-19H2,1-3H3,(H,36,45)(H,38,41)(H,39,43)(H,35,37,44)/t20-,21-,24+,25+,34-/m1/s1. The number of benzene rings is 1. The fraction of sp³-hybridized carbons (Fsp3) is 0.588. The number of nitrogens with one attached hydrogen (secondary N) is 4. The van der Waals surface area contributed by atoms with Crippen LogP contribution in [-0.4, -0.2) is 89.3 Å². The summed E-state index contributed by atoms with van der Waals surface area (Å²) >= 11 is 1.26. The molecule has 5 amide bonds. The normalized spacial score (nSPS) is 27.2. The molecule has 3 fully saturated rings. The van der Waals surface area contributed by atoms with Crippen molar-refractivity contribution < 1.29 is 41.9 Å². The van der Waals surface area contributed by atoms with Crippen molar-refractivity contribution in [2.45, 2.75) is 113 Å². The molecule has 5 atom stereocenters. The molecule has 17 heteroatoms. The van der Waals surface area contributed by atoms with E-state index in [-0.39, 0.29) is 25.8 Å². The van der Waals surface area contributed by atoms with Gasteiger partial charge in [0.1, 0.15) is 29.3 Å². The summed E-state index contributed by atoms with van der Waals surface area (Å²) in [4.78, 5) is 73.5. The first-order valence-electron chi connectivity index (χ1n) is 17.3. The van der Waals surface area contributed by atoms with Gasteiger partial charge in [-0.05, 0) is 71.4 Å². The summed E-state index contributed by atoms with van der Waals surface area (Å²) in [6.07, 6.45) is 5.19. The van der Waals surface area contributed by atoms with Crippen LogP contribution in [0, 0.1) is 5.92 Å². The molecule has 0 unspecified atom stereocenters. The highest BCUT2D eigenvalue weighted by Gasteiger charge is 2.62. The van der Waals surface area contributed by atoms with E-state index in [0.29, 0.717) is 36.3 Å². The molecule has 2 saturated carbocycles. The minimum atomic E-state index is -3.91. The molecule has 1 aromatic heterocycles. The Labute approximate surface area is 300 Å². The highest BCUT2D eigenvalue weighted by molar-refractivity contribution is 7.91. The summed E-state index contributed by atoms with van der Waals surface area (Å²) in [5.41, 5.74) is -1.67. The maximum atomic E-state index is 14.2. The lowest BCUT2D eigenvalue weighted by atomic mass is 10.0. The zero-order valence-corrected chi connectivity index (χ0v) is 30.4. The minimum Gasteiger partial charge on any atom is -0.444 e. The Morgan fingerprint density at radius 3 is 2.55 bits per heavy atom. The summed E-state index contributed by atoms with van der Waals surface area (Å²) in [6, 6.07) is 5.10. The fourth-order valence-electron chi connectivity index (χ4n) is 6.49. The summed E-state index contributed by atoms with van der Waals surface area (Å²) in [6.45, 7) is 4.93. The van der Waals surface area contributed by atoms with Gasteiger partial charge < -0.3 is 25.0 Å². The molecular weight excluding hydrogens is 701 g/mol. The molecule has 51 heavy (non-hydrogen) atoms. The van der Waals surface area contributed by atoms with Crippen molar-refractivity contribution >= 4 is 66.6 Å². The lowest BCUT2D eigenvalue weighted by Crippen LogP contribution is -2.58. The van der Waals surface area contributed by atoms with Crippen molar-refractivity contribution in [2.24, 2.45) is 5.92 Å². The highest BCUT2D eigenvalue weighted by Crippen LogP contribution is 2.46. The van der Waals surface area contributed by atoms with Gasteiger partial charge in [0.25, 0.3) is 5.91 Å². The number of para-hydroxylation sites is 1. The molecule has 276 valence electrons. The third-order valence-electron chi connectivity index (χ3n) is 9.31. The minimum absolute atomic E-state index is 0.109. The van der Waals surface area contributed by atoms with Gasteiger partial charge in [-0.25, -0.2) is 23.0 Å². The van der Waals surface area contributed by atoms with Crippen LogP contribution in [0.25, 0.3) is 10.2 Å². The second-order valence-corrected chi connectivity index (χ2v) is 17.6. The van der Waals surface area contributed by atoms with Gasteiger partial charge in [0.05, 0.1) is 22.0 Å². The van der Waals surface area contributed by atoms with E-state index >= 15 is 0 Å². The first-order chi connectivity index (χ1) is 24.1. The van der Waals surface area contributed by atoms with Gasteiger partial charge in [-0.15, -0.1) is 0 Å². The van der Waals surface area contributed by atoms with E-state index < -0.39 is 80.4 Å². The lowest BCUT2D eigenvalue weighted by molar-refractivity contribution is -0.141. The monoisotopic (exact) mass is 744 g/mol. The Balaban J connectivity index is 1.24. The molecule has 1 aromatic carbocycles. The maximum absolute atomic E-state index is 14.2. The van der Waals surface area contributed by atoms with Crippen LogP contribution in [0.2, 0.25) is 0 Å². The maximum Gasteiger partial charge on any atom is 0.413 e. The predicted octanol–water partition coefficient (Wildman–Crippen LogP) is 3.71. The first kappa shape index (κ1) is 36.5. The number of allylic oxidation sites excluding steroid dienone is 1. The molecule has 2 aliphatic carbocycles. The number of hydrogen-bond donors (Lipinski definition) is 4. The average Bonchev–Trinajstić information content (AvgIpc) is 3.93. The van der Waals surface area contributed by atoms with Crippen LogP contribution in [0.3, 0.4) is 0 Å². The number of nitrogens with zero attached hydrogens (tertiary/aromatic N) is 2. The van der Waals surface area contributed by atoms with Crippen molar-refractivity contribution in [1.82, 2.24) is 25.2 Å². The van der Waals surface area contributed by atoms with Crippen molar-refractivity contribution in [3.63, 3.8) is 0 Å². The van der Waals surface area contributed by atoms with Crippen LogP contribution >= 0.6 is 11.3 Å². The summed E-state index contributed by atoms with van der Waals surface area (Å²) in [5, 5.41) is 7.75. The third-order valence-corrected chi connectivity index (χ3v) is 12.1. The fourth-order valence-corrected chi connectivity index (χ4v) is 8.71. The van der Waals surface area contributed by atoms with Gasteiger partial charge in [0.2, 0.25) is 21.8 Å². The Morgan fingerprint density at radius 1 is 1.06 bits per heavy atom. The molecule has 3 heterocycles. The molecule has 0 bridgehead atoms. The van der Waals surface area contributed by atoms with E-state index in [4.69, 9.17) is 9.47 Å². The number of alkyl carbamates (subject to hydrolysis) is 1. The first-order valence-corrected chi connectivity index (χ1v) is 19.7. The lowest BCUT2D eigenvalue weighted by Gasteiger charge is -2.30.